The van der Waals surface area contributed by atoms with E-state index in [1.54, 1.807) is 11.3 Å². The number of aromatic nitrogens is 3. The Kier molecular flexibility index (Phi) is 6.12. The number of thiophene rings is 1. The number of carbonyl (C=O) groups is 1. The van der Waals surface area contributed by atoms with Gasteiger partial charge in [-0.25, -0.2) is 9.97 Å². The molecule has 0 unspecified atom stereocenters. The SMILES string of the molecule is Cc1ccc(NC(=O)Cc2nc(CSc3nc4sc5c(c4c(=O)[nH]3)CCCC5)cs2)cc1. The van der Waals surface area contributed by atoms with Gasteiger partial charge in [-0.05, 0) is 50.3 Å². The first kappa shape index (κ1) is 21.4. The van der Waals surface area contributed by atoms with Gasteiger partial charge in [0.05, 0.1) is 17.5 Å². The third kappa shape index (κ3) is 4.65. The summed E-state index contributed by atoms with van der Waals surface area (Å²) in [4.78, 5) is 39.4. The van der Waals surface area contributed by atoms with Crippen LogP contribution in [0.5, 0.6) is 0 Å². The number of aromatic amines is 1. The zero-order valence-corrected chi connectivity index (χ0v) is 20.0. The average molecular weight is 483 g/mol. The lowest BCUT2D eigenvalue weighted by atomic mass is 9.97. The van der Waals surface area contributed by atoms with Crippen molar-refractivity contribution >= 4 is 56.2 Å². The molecule has 3 heterocycles. The molecule has 0 saturated carbocycles. The Hall–Kier alpha value is -2.49. The summed E-state index contributed by atoms with van der Waals surface area (Å²) in [6.07, 6.45) is 4.60. The number of amides is 1. The van der Waals surface area contributed by atoms with E-state index in [0.29, 0.717) is 10.9 Å². The molecule has 9 heteroatoms. The number of thiazole rings is 1. The first-order valence-corrected chi connectivity index (χ1v) is 13.2. The molecule has 0 saturated heterocycles. The molecule has 164 valence electrons. The van der Waals surface area contributed by atoms with Crippen LogP contribution < -0.4 is 10.9 Å². The molecule has 0 fully saturated rings. The number of nitrogens with one attached hydrogen (secondary N) is 2. The number of nitrogens with zero attached hydrogens (tertiary/aromatic N) is 2. The molecule has 1 aliphatic rings. The van der Waals surface area contributed by atoms with Gasteiger partial charge in [-0.3, -0.25) is 9.59 Å². The minimum Gasteiger partial charge on any atom is -0.326 e. The Bertz CT molecular complexity index is 1340. The number of H-pyrrole nitrogens is 1. The third-order valence-electron chi connectivity index (χ3n) is 5.41. The molecular formula is C23H22N4O2S3. The number of hydrogen-bond acceptors (Lipinski definition) is 7. The van der Waals surface area contributed by atoms with Gasteiger partial charge in [-0.15, -0.1) is 22.7 Å². The number of aryl methyl sites for hydroxylation is 3. The van der Waals surface area contributed by atoms with Crippen molar-refractivity contribution in [3.05, 3.63) is 66.7 Å². The maximum atomic E-state index is 12.7. The Balaban J connectivity index is 1.22. The quantitative estimate of drug-likeness (QED) is 0.295. The van der Waals surface area contributed by atoms with Crippen LogP contribution in [0.1, 0.15) is 39.5 Å². The largest absolute Gasteiger partial charge is 0.326 e. The molecule has 1 amide bonds. The zero-order valence-electron chi connectivity index (χ0n) is 17.6. The molecule has 0 radical (unpaired) electrons. The van der Waals surface area contributed by atoms with Gasteiger partial charge in [0.15, 0.2) is 5.16 Å². The van der Waals surface area contributed by atoms with E-state index in [9.17, 15) is 9.59 Å². The van der Waals surface area contributed by atoms with E-state index in [-0.39, 0.29) is 17.9 Å². The van der Waals surface area contributed by atoms with Crippen molar-refractivity contribution in [3.8, 4) is 0 Å². The second-order valence-corrected chi connectivity index (χ2v) is 10.9. The van der Waals surface area contributed by atoms with Crippen molar-refractivity contribution in [1.29, 1.82) is 0 Å². The average Bonchev–Trinajstić information content (AvgIpc) is 3.38. The van der Waals surface area contributed by atoms with Crippen LogP contribution in [-0.2, 0) is 29.8 Å². The van der Waals surface area contributed by atoms with E-state index >= 15 is 0 Å². The van der Waals surface area contributed by atoms with E-state index in [2.05, 4.69) is 15.3 Å². The molecule has 0 spiro atoms. The standard InChI is InChI=1S/C23H22N4O2S3/c1-13-6-8-14(9-7-13)24-18(28)10-19-25-15(11-30-19)12-31-23-26-21(29)20-16-4-2-3-5-17(16)32-22(20)27-23/h6-9,11H,2-5,10,12H2,1H3,(H,24,28)(H,26,27,29). The summed E-state index contributed by atoms with van der Waals surface area (Å²) in [6, 6.07) is 7.72. The van der Waals surface area contributed by atoms with E-state index < -0.39 is 0 Å². The number of thioether (sulfide) groups is 1. The maximum absolute atomic E-state index is 12.7. The van der Waals surface area contributed by atoms with Crippen molar-refractivity contribution in [2.75, 3.05) is 5.32 Å². The second kappa shape index (κ2) is 9.17. The van der Waals surface area contributed by atoms with Crippen LogP contribution in [0.3, 0.4) is 0 Å². The molecule has 1 aromatic carbocycles. The van der Waals surface area contributed by atoms with Crippen LogP contribution in [0.2, 0.25) is 0 Å². The number of anilines is 1. The highest BCUT2D eigenvalue weighted by Gasteiger charge is 2.20. The topological polar surface area (TPSA) is 87.7 Å². The molecule has 6 nitrogen and oxygen atoms in total. The molecule has 1 aliphatic carbocycles. The Morgan fingerprint density at radius 2 is 2.00 bits per heavy atom. The number of fused-ring (bicyclic) bond motifs is 3. The zero-order chi connectivity index (χ0) is 22.1. The molecule has 0 bridgehead atoms. The molecule has 4 aromatic rings. The van der Waals surface area contributed by atoms with Crippen LogP contribution in [0, 0.1) is 6.92 Å². The van der Waals surface area contributed by atoms with Crippen LogP contribution >= 0.6 is 34.4 Å². The molecule has 0 atom stereocenters. The summed E-state index contributed by atoms with van der Waals surface area (Å²) >= 11 is 4.60. The van der Waals surface area contributed by atoms with Crippen LogP contribution in [-0.4, -0.2) is 20.9 Å². The number of carbonyl (C=O) groups excluding carboxylic acids is 1. The van der Waals surface area contributed by atoms with Gasteiger partial charge in [0, 0.05) is 21.7 Å². The maximum Gasteiger partial charge on any atom is 0.260 e. The lowest BCUT2D eigenvalue weighted by Crippen LogP contribution is -2.14. The lowest BCUT2D eigenvalue weighted by molar-refractivity contribution is -0.115. The predicted octanol–water partition coefficient (Wildman–Crippen LogP) is 5.10. The summed E-state index contributed by atoms with van der Waals surface area (Å²) in [5.74, 6) is 0.510. The molecular weight excluding hydrogens is 460 g/mol. The van der Waals surface area contributed by atoms with E-state index in [1.165, 1.54) is 40.0 Å². The normalized spacial score (nSPS) is 13.3. The second-order valence-electron chi connectivity index (χ2n) is 7.87. The Morgan fingerprint density at radius 1 is 1.19 bits per heavy atom. The van der Waals surface area contributed by atoms with Gasteiger partial charge in [0.1, 0.15) is 9.84 Å². The van der Waals surface area contributed by atoms with Gasteiger partial charge >= 0.3 is 0 Å². The third-order valence-corrected chi connectivity index (χ3v) is 8.40. The Labute approximate surface area is 197 Å². The van der Waals surface area contributed by atoms with E-state index in [1.807, 2.05) is 36.6 Å². The first-order chi connectivity index (χ1) is 15.5. The molecule has 0 aliphatic heterocycles. The number of benzene rings is 1. The summed E-state index contributed by atoms with van der Waals surface area (Å²) < 4.78 is 0. The predicted molar refractivity (Wildman–Crippen MR) is 132 cm³/mol. The summed E-state index contributed by atoms with van der Waals surface area (Å²) in [7, 11) is 0. The Morgan fingerprint density at radius 3 is 2.84 bits per heavy atom. The van der Waals surface area contributed by atoms with Crippen molar-refractivity contribution < 1.29 is 4.79 Å². The fraction of sp³-hybridized carbons (Fsp3) is 0.304. The molecule has 2 N–H and O–H groups in total. The highest BCUT2D eigenvalue weighted by molar-refractivity contribution is 7.98. The molecule has 3 aromatic heterocycles. The van der Waals surface area contributed by atoms with Crippen molar-refractivity contribution in [1.82, 2.24) is 15.0 Å². The van der Waals surface area contributed by atoms with Crippen LogP contribution in [0.15, 0.2) is 39.6 Å². The van der Waals surface area contributed by atoms with Gasteiger partial charge < -0.3 is 10.3 Å². The summed E-state index contributed by atoms with van der Waals surface area (Å²) in [5.41, 5.74) is 3.98. The van der Waals surface area contributed by atoms with Crippen molar-refractivity contribution in [2.45, 2.75) is 49.9 Å². The fourth-order valence-corrected chi connectivity index (χ4v) is 6.80. The highest BCUT2D eigenvalue weighted by atomic mass is 32.2. The molecule has 5 rings (SSSR count). The van der Waals surface area contributed by atoms with Gasteiger partial charge in [0.2, 0.25) is 5.91 Å². The van der Waals surface area contributed by atoms with Crippen LogP contribution in [0.25, 0.3) is 10.2 Å². The van der Waals surface area contributed by atoms with E-state index in [0.717, 1.165) is 51.4 Å². The van der Waals surface area contributed by atoms with Gasteiger partial charge in [0.25, 0.3) is 5.56 Å². The lowest BCUT2D eigenvalue weighted by Gasteiger charge is -2.09. The van der Waals surface area contributed by atoms with E-state index in [4.69, 9.17) is 4.98 Å². The van der Waals surface area contributed by atoms with Crippen molar-refractivity contribution in [3.63, 3.8) is 0 Å². The minimum absolute atomic E-state index is 0.0383. The monoisotopic (exact) mass is 482 g/mol. The van der Waals surface area contributed by atoms with Gasteiger partial charge in [-0.1, -0.05) is 29.5 Å². The number of hydrogen-bond donors (Lipinski definition) is 2. The smallest absolute Gasteiger partial charge is 0.260 e. The highest BCUT2D eigenvalue weighted by Crippen LogP contribution is 2.34. The molecule has 32 heavy (non-hydrogen) atoms. The summed E-state index contributed by atoms with van der Waals surface area (Å²) in [5, 5.41) is 7.03. The summed E-state index contributed by atoms with van der Waals surface area (Å²) in [6.45, 7) is 2.01. The minimum atomic E-state index is -0.0829. The van der Waals surface area contributed by atoms with Crippen LogP contribution in [0.4, 0.5) is 5.69 Å². The van der Waals surface area contributed by atoms with Crippen molar-refractivity contribution in [2.24, 2.45) is 0 Å². The van der Waals surface area contributed by atoms with Gasteiger partial charge in [-0.2, -0.15) is 0 Å². The fourth-order valence-electron chi connectivity index (χ4n) is 3.83. The first-order valence-electron chi connectivity index (χ1n) is 10.5. The number of rotatable bonds is 6.